The van der Waals surface area contributed by atoms with Crippen LogP contribution in [0.15, 0.2) is 48.5 Å². The van der Waals surface area contributed by atoms with Gasteiger partial charge < -0.3 is 14.5 Å². The molecule has 4 rings (SSSR count). The molecular weight excluding hydrogens is 440 g/mol. The number of benzene rings is 2. The highest BCUT2D eigenvalue weighted by Gasteiger charge is 2.28. The van der Waals surface area contributed by atoms with E-state index in [1.54, 1.807) is 47.1 Å². The Morgan fingerprint density at radius 2 is 1.71 bits per heavy atom. The first kappa shape index (κ1) is 22.9. The fraction of sp³-hybridized carbons (Fsp3) is 0.304. The summed E-state index contributed by atoms with van der Waals surface area (Å²) in [4.78, 5) is 40.2. The van der Waals surface area contributed by atoms with Gasteiger partial charge in [0.15, 0.2) is 5.69 Å². The molecule has 0 aliphatic carbocycles. The molecule has 0 atom stereocenters. The predicted molar refractivity (Wildman–Crippen MR) is 122 cm³/mol. The van der Waals surface area contributed by atoms with Gasteiger partial charge in [0.05, 0.1) is 29.0 Å². The van der Waals surface area contributed by atoms with Crippen LogP contribution in [0.5, 0.6) is 5.75 Å². The van der Waals surface area contributed by atoms with Crippen molar-refractivity contribution in [3.05, 3.63) is 75.6 Å². The molecule has 1 saturated heterocycles. The number of hydrogen-bond donors (Lipinski definition) is 0. The van der Waals surface area contributed by atoms with Gasteiger partial charge in [0.1, 0.15) is 5.75 Å². The second kappa shape index (κ2) is 9.69. The maximum atomic E-state index is 13.2. The molecule has 1 aromatic heterocycles. The van der Waals surface area contributed by atoms with E-state index >= 15 is 0 Å². The molecule has 0 bridgehead atoms. The molecule has 2 aromatic carbocycles. The third-order valence-electron chi connectivity index (χ3n) is 5.79. The van der Waals surface area contributed by atoms with Gasteiger partial charge in [-0.25, -0.2) is 4.68 Å². The first-order chi connectivity index (χ1) is 16.4. The van der Waals surface area contributed by atoms with Crippen LogP contribution in [-0.4, -0.2) is 74.8 Å². The SMILES string of the molecule is COc1ccccc1C(=O)N1CCCN(C(=O)c2nnn(-c3cccc([N+](=O)[O-])c3)c2C)CC1. The number of amides is 2. The van der Waals surface area contributed by atoms with E-state index in [9.17, 15) is 19.7 Å². The van der Waals surface area contributed by atoms with Crippen LogP contribution in [0.4, 0.5) is 5.69 Å². The lowest BCUT2D eigenvalue weighted by Crippen LogP contribution is -2.37. The monoisotopic (exact) mass is 464 g/mol. The van der Waals surface area contributed by atoms with Gasteiger partial charge in [-0.1, -0.05) is 23.4 Å². The second-order valence-electron chi connectivity index (χ2n) is 7.85. The van der Waals surface area contributed by atoms with E-state index in [0.717, 1.165) is 0 Å². The number of rotatable bonds is 5. The van der Waals surface area contributed by atoms with Crippen LogP contribution in [0.3, 0.4) is 0 Å². The lowest BCUT2D eigenvalue weighted by molar-refractivity contribution is -0.384. The summed E-state index contributed by atoms with van der Waals surface area (Å²) in [5, 5.41) is 19.2. The van der Waals surface area contributed by atoms with Gasteiger partial charge in [0, 0.05) is 38.3 Å². The topological polar surface area (TPSA) is 124 Å². The van der Waals surface area contributed by atoms with Gasteiger partial charge in [0.2, 0.25) is 0 Å². The Bertz CT molecular complexity index is 1240. The molecule has 3 aromatic rings. The fourth-order valence-electron chi connectivity index (χ4n) is 3.98. The maximum Gasteiger partial charge on any atom is 0.276 e. The van der Waals surface area contributed by atoms with Crippen LogP contribution in [0.25, 0.3) is 5.69 Å². The molecule has 1 fully saturated rings. The molecule has 0 N–H and O–H groups in total. The van der Waals surface area contributed by atoms with Crippen LogP contribution in [0.2, 0.25) is 0 Å². The van der Waals surface area contributed by atoms with E-state index in [4.69, 9.17) is 4.74 Å². The van der Waals surface area contributed by atoms with Gasteiger partial charge in [-0.05, 0) is 31.5 Å². The molecule has 0 saturated carbocycles. The quantitative estimate of drug-likeness (QED) is 0.420. The molecule has 1 aliphatic heterocycles. The lowest BCUT2D eigenvalue weighted by atomic mass is 10.1. The minimum atomic E-state index is -0.489. The molecule has 1 aliphatic rings. The van der Waals surface area contributed by atoms with Crippen molar-refractivity contribution in [3.63, 3.8) is 0 Å². The van der Waals surface area contributed by atoms with E-state index in [2.05, 4.69) is 10.3 Å². The zero-order chi connectivity index (χ0) is 24.2. The third kappa shape index (κ3) is 4.45. The summed E-state index contributed by atoms with van der Waals surface area (Å²) < 4.78 is 6.72. The number of carbonyl (C=O) groups excluding carboxylic acids is 2. The van der Waals surface area contributed by atoms with Crippen molar-refractivity contribution in [3.8, 4) is 11.4 Å². The molecule has 11 heteroatoms. The van der Waals surface area contributed by atoms with E-state index in [1.165, 1.54) is 23.9 Å². The average Bonchev–Trinajstić information content (AvgIpc) is 3.07. The molecule has 0 spiro atoms. The Hall–Kier alpha value is -4.28. The lowest BCUT2D eigenvalue weighted by Gasteiger charge is -2.22. The molecule has 0 radical (unpaired) electrons. The number of nitrogens with zero attached hydrogens (tertiary/aromatic N) is 6. The number of methoxy groups -OCH3 is 1. The average molecular weight is 464 g/mol. The Labute approximate surface area is 195 Å². The van der Waals surface area contributed by atoms with Gasteiger partial charge in [-0.3, -0.25) is 19.7 Å². The molecule has 2 heterocycles. The fourth-order valence-corrected chi connectivity index (χ4v) is 3.98. The van der Waals surface area contributed by atoms with Crippen molar-refractivity contribution in [2.24, 2.45) is 0 Å². The van der Waals surface area contributed by atoms with Crippen LogP contribution >= 0.6 is 0 Å². The van der Waals surface area contributed by atoms with Crippen molar-refractivity contribution in [2.75, 3.05) is 33.3 Å². The third-order valence-corrected chi connectivity index (χ3v) is 5.79. The number of aromatic nitrogens is 3. The maximum absolute atomic E-state index is 13.2. The zero-order valence-corrected chi connectivity index (χ0v) is 18.9. The first-order valence-electron chi connectivity index (χ1n) is 10.8. The normalized spacial score (nSPS) is 13.9. The van der Waals surface area contributed by atoms with Crippen molar-refractivity contribution < 1.29 is 19.2 Å². The molecule has 11 nitrogen and oxygen atoms in total. The highest BCUT2D eigenvalue weighted by molar-refractivity contribution is 5.97. The van der Waals surface area contributed by atoms with Crippen molar-refractivity contribution in [2.45, 2.75) is 13.3 Å². The summed E-state index contributed by atoms with van der Waals surface area (Å²) in [6.07, 6.45) is 0.616. The van der Waals surface area contributed by atoms with Crippen molar-refractivity contribution in [1.82, 2.24) is 24.8 Å². The van der Waals surface area contributed by atoms with E-state index in [0.29, 0.717) is 55.3 Å². The highest BCUT2D eigenvalue weighted by atomic mass is 16.6. The smallest absolute Gasteiger partial charge is 0.276 e. The number of carbonyl (C=O) groups is 2. The highest BCUT2D eigenvalue weighted by Crippen LogP contribution is 2.22. The number of ether oxygens (including phenoxy) is 1. The van der Waals surface area contributed by atoms with E-state index in [-0.39, 0.29) is 23.2 Å². The minimum Gasteiger partial charge on any atom is -0.496 e. The van der Waals surface area contributed by atoms with Crippen LogP contribution < -0.4 is 4.74 Å². The predicted octanol–water partition coefficient (Wildman–Crippen LogP) is 2.48. The Morgan fingerprint density at radius 3 is 2.41 bits per heavy atom. The minimum absolute atomic E-state index is 0.0763. The molecule has 34 heavy (non-hydrogen) atoms. The van der Waals surface area contributed by atoms with E-state index < -0.39 is 4.92 Å². The Morgan fingerprint density at radius 1 is 1.00 bits per heavy atom. The Kier molecular flexibility index (Phi) is 6.53. The van der Waals surface area contributed by atoms with Crippen LogP contribution in [0, 0.1) is 17.0 Å². The molecular formula is C23H24N6O5. The van der Waals surface area contributed by atoms with Crippen LogP contribution in [-0.2, 0) is 0 Å². The number of para-hydroxylation sites is 1. The summed E-state index contributed by atoms with van der Waals surface area (Å²) in [6.45, 7) is 3.41. The first-order valence-corrected chi connectivity index (χ1v) is 10.8. The number of nitro groups is 1. The number of hydrogen-bond acceptors (Lipinski definition) is 7. The summed E-state index contributed by atoms with van der Waals surface area (Å²) in [7, 11) is 1.53. The van der Waals surface area contributed by atoms with Gasteiger partial charge >= 0.3 is 0 Å². The second-order valence-corrected chi connectivity index (χ2v) is 7.85. The van der Waals surface area contributed by atoms with Crippen molar-refractivity contribution >= 4 is 17.5 Å². The van der Waals surface area contributed by atoms with Crippen LogP contribution in [0.1, 0.15) is 33.0 Å². The largest absolute Gasteiger partial charge is 0.496 e. The Balaban J connectivity index is 1.49. The summed E-state index contributed by atoms with van der Waals surface area (Å²) in [6, 6.07) is 13.0. The van der Waals surface area contributed by atoms with Gasteiger partial charge in [-0.15, -0.1) is 5.10 Å². The summed E-state index contributed by atoms with van der Waals surface area (Å²) in [5.41, 5.74) is 1.52. The van der Waals surface area contributed by atoms with Gasteiger partial charge in [0.25, 0.3) is 17.5 Å². The van der Waals surface area contributed by atoms with E-state index in [1.807, 2.05) is 6.07 Å². The molecule has 2 amide bonds. The zero-order valence-electron chi connectivity index (χ0n) is 18.9. The number of nitro benzene ring substituents is 1. The van der Waals surface area contributed by atoms with Crippen molar-refractivity contribution in [1.29, 1.82) is 0 Å². The van der Waals surface area contributed by atoms with Gasteiger partial charge in [-0.2, -0.15) is 0 Å². The molecule has 176 valence electrons. The summed E-state index contributed by atoms with van der Waals surface area (Å²) >= 11 is 0. The standard InChI is InChI=1S/C23H24N6O5/c1-16-21(24-25-28(16)17-7-5-8-18(15-17)29(32)33)23(31)27-12-6-11-26(13-14-27)22(30)19-9-3-4-10-20(19)34-2/h3-5,7-10,15H,6,11-14H2,1-2H3. The molecule has 0 unspecified atom stereocenters. The summed E-state index contributed by atoms with van der Waals surface area (Å²) in [5.74, 6) is 0.0818. The number of non-ortho nitro benzene ring substituents is 1.